The van der Waals surface area contributed by atoms with Crippen molar-refractivity contribution in [3.05, 3.63) is 65.4 Å². The van der Waals surface area contributed by atoms with Gasteiger partial charge in [0, 0.05) is 55.1 Å². The predicted molar refractivity (Wildman–Crippen MR) is 106 cm³/mol. The third-order valence-electron chi connectivity index (χ3n) is 5.20. The Morgan fingerprint density at radius 2 is 1.93 bits per heavy atom. The number of amides is 1. The monoisotopic (exact) mass is 409 g/mol. The molecule has 0 saturated carbocycles. The van der Waals surface area contributed by atoms with Crippen LogP contribution in [0.15, 0.2) is 48.3 Å². The van der Waals surface area contributed by atoms with E-state index >= 15 is 4.32 Å². The largest absolute Gasteiger partial charge is 0.846 e. The lowest BCUT2D eigenvalue weighted by molar-refractivity contribution is -0.333. The molecule has 0 fully saturated rings. The summed E-state index contributed by atoms with van der Waals surface area (Å²) in [7, 11) is -1.49. The first-order chi connectivity index (χ1) is 14.5. The topological polar surface area (TPSA) is 107 Å². The molecule has 0 atom stereocenters. The van der Waals surface area contributed by atoms with Crippen LogP contribution in [0.1, 0.15) is 36.3 Å². The summed E-state index contributed by atoms with van der Waals surface area (Å²) in [5.74, 6) is -2.04. The van der Waals surface area contributed by atoms with Crippen molar-refractivity contribution in [2.45, 2.75) is 25.7 Å². The fraction of sp³-hybridized carbons (Fsp3) is 0.200. The molecule has 0 aromatic carbocycles. The Labute approximate surface area is 171 Å². The van der Waals surface area contributed by atoms with Crippen LogP contribution in [0.3, 0.4) is 0 Å². The standard InChI is InChI=1S/C20H18BFN4O4/c22-21-25-13(6-8-18(27)19(28)9-10-20(29)24-30)3-4-14(25)12-15-5-7-17(26(15)21)16-2-1-11-23-16/h1-5,7,11-12H,6,8-10H2,(H2,24,27,28,29,30)/p+1. The van der Waals surface area contributed by atoms with Gasteiger partial charge in [-0.2, -0.15) is 0 Å². The van der Waals surface area contributed by atoms with Gasteiger partial charge in [-0.25, -0.2) is 14.3 Å². The Morgan fingerprint density at radius 3 is 2.67 bits per heavy atom. The Bertz CT molecular complexity index is 1110. The summed E-state index contributed by atoms with van der Waals surface area (Å²) in [5, 5.41) is 8.45. The Morgan fingerprint density at radius 1 is 1.13 bits per heavy atom. The van der Waals surface area contributed by atoms with Crippen LogP contribution in [-0.2, 0) is 20.8 Å². The highest BCUT2D eigenvalue weighted by Gasteiger charge is 2.48. The highest BCUT2D eigenvalue weighted by Crippen LogP contribution is 2.27. The van der Waals surface area contributed by atoms with E-state index in [-0.39, 0.29) is 25.7 Å². The van der Waals surface area contributed by atoms with E-state index in [0.717, 1.165) is 11.4 Å². The lowest BCUT2D eigenvalue weighted by Crippen LogP contribution is -2.40. The van der Waals surface area contributed by atoms with Gasteiger partial charge in [0.25, 0.3) is 0 Å². The zero-order chi connectivity index (χ0) is 21.3. The van der Waals surface area contributed by atoms with E-state index in [4.69, 9.17) is 5.21 Å². The van der Waals surface area contributed by atoms with E-state index in [9.17, 15) is 14.4 Å². The highest BCUT2D eigenvalue weighted by atomic mass is 19.1. The number of carbonyl (C=O) groups excluding carboxylic acids is 3. The second-order valence-corrected chi connectivity index (χ2v) is 7.05. The number of fused-ring (bicyclic) bond motifs is 2. The van der Waals surface area contributed by atoms with Crippen molar-refractivity contribution in [2.75, 3.05) is 0 Å². The molecular weight excluding hydrogens is 390 g/mol. The molecule has 0 unspecified atom stereocenters. The molecule has 0 radical (unpaired) electrons. The minimum Gasteiger partial charge on any atom is -0.356 e. The molecule has 1 amide bonds. The number of nitrogens with zero attached hydrogens (tertiary/aromatic N) is 2. The van der Waals surface area contributed by atoms with Crippen molar-refractivity contribution in [1.82, 2.24) is 14.9 Å². The first-order valence-corrected chi connectivity index (χ1v) is 9.52. The predicted octanol–water partition coefficient (Wildman–Crippen LogP) is 1.40. The zero-order valence-electron chi connectivity index (χ0n) is 16.0. The number of aromatic amines is 1. The molecule has 4 rings (SSSR count). The summed E-state index contributed by atoms with van der Waals surface area (Å²) in [6.07, 6.45) is 6.91. The van der Waals surface area contributed by atoms with Gasteiger partial charge >= 0.3 is 7.26 Å². The summed E-state index contributed by atoms with van der Waals surface area (Å²) < 4.78 is 18.6. The van der Waals surface area contributed by atoms with E-state index in [0.29, 0.717) is 17.1 Å². The lowest BCUT2D eigenvalue weighted by atomic mass is 9.96. The van der Waals surface area contributed by atoms with Gasteiger partial charge in [0.15, 0.2) is 17.3 Å². The van der Waals surface area contributed by atoms with Crippen LogP contribution in [0.4, 0.5) is 4.32 Å². The van der Waals surface area contributed by atoms with Crippen molar-refractivity contribution in [3.63, 3.8) is 0 Å². The van der Waals surface area contributed by atoms with Crippen LogP contribution in [0.25, 0.3) is 6.08 Å². The fourth-order valence-electron chi connectivity index (χ4n) is 3.69. The van der Waals surface area contributed by atoms with Gasteiger partial charge in [0.05, 0.1) is 0 Å². The maximum Gasteiger partial charge on any atom is 0.846 e. The molecule has 2 aliphatic heterocycles. The van der Waals surface area contributed by atoms with Gasteiger partial charge in [0.1, 0.15) is 5.69 Å². The molecule has 0 spiro atoms. The first kappa shape index (κ1) is 19.8. The number of hydrogen-bond donors (Lipinski definition) is 3. The number of H-pyrrole nitrogens is 1. The van der Waals surface area contributed by atoms with Crippen LogP contribution in [0.2, 0.25) is 0 Å². The molecule has 30 heavy (non-hydrogen) atoms. The summed E-state index contributed by atoms with van der Waals surface area (Å²) in [5.41, 5.74) is 4.93. The smallest absolute Gasteiger partial charge is 0.356 e. The molecule has 0 bridgehead atoms. The number of nitrogens with one attached hydrogen (secondary N) is 2. The molecule has 10 heteroatoms. The quantitative estimate of drug-likeness (QED) is 0.265. The van der Waals surface area contributed by atoms with Crippen molar-refractivity contribution in [3.8, 4) is 0 Å². The summed E-state index contributed by atoms with van der Waals surface area (Å²) >= 11 is 0. The van der Waals surface area contributed by atoms with E-state index in [2.05, 4.69) is 4.98 Å². The van der Waals surface area contributed by atoms with Gasteiger partial charge in [-0.3, -0.25) is 24.1 Å². The number of allylic oxidation sites excluding steroid dienone is 2. The van der Waals surface area contributed by atoms with Gasteiger partial charge in [-0.15, -0.1) is 0 Å². The maximum absolute atomic E-state index is 15.6. The van der Waals surface area contributed by atoms with Gasteiger partial charge in [-0.1, -0.05) is 0 Å². The van der Waals surface area contributed by atoms with Crippen molar-refractivity contribution < 1.29 is 28.4 Å². The van der Waals surface area contributed by atoms with E-state index in [1.54, 1.807) is 22.8 Å². The van der Waals surface area contributed by atoms with Crippen LogP contribution in [0, 0.1) is 0 Å². The van der Waals surface area contributed by atoms with Crippen molar-refractivity contribution in [1.29, 1.82) is 0 Å². The molecule has 152 valence electrons. The number of hydrogen-bond acceptors (Lipinski definition) is 4. The van der Waals surface area contributed by atoms with E-state index < -0.39 is 24.7 Å². The average Bonchev–Trinajstić information content (AvgIpc) is 3.49. The number of aromatic nitrogens is 2. The van der Waals surface area contributed by atoms with Crippen molar-refractivity contribution in [2.24, 2.45) is 0 Å². The molecule has 4 heterocycles. The minimum absolute atomic E-state index is 0.0855. The number of ketones is 2. The normalized spacial score (nSPS) is 14.5. The Hall–Kier alpha value is -3.53. The molecular formula is C20H19BFN4O4+. The van der Waals surface area contributed by atoms with Gasteiger partial charge < -0.3 is 4.98 Å². The van der Waals surface area contributed by atoms with Crippen LogP contribution in [-0.4, -0.2) is 49.6 Å². The van der Waals surface area contributed by atoms with Crippen LogP contribution >= 0.6 is 0 Å². The molecule has 2 aromatic heterocycles. The third kappa shape index (κ3) is 3.57. The number of rotatable bonds is 8. The van der Waals surface area contributed by atoms with Gasteiger partial charge in [0.2, 0.25) is 11.6 Å². The number of halogens is 1. The fourth-order valence-corrected chi connectivity index (χ4v) is 3.69. The molecule has 3 N–H and O–H groups in total. The molecule has 0 aliphatic carbocycles. The summed E-state index contributed by atoms with van der Waals surface area (Å²) in [4.78, 5) is 38.0. The number of hydroxylamine groups is 1. The molecule has 2 aromatic rings. The average molecular weight is 409 g/mol. The lowest BCUT2D eigenvalue weighted by Gasteiger charge is -2.15. The number of Topliss-reactive ketones (excluding diaryl/α,β-unsaturated/α-hetero) is 2. The Balaban J connectivity index is 1.50. The molecule has 8 nitrogen and oxygen atoms in total. The van der Waals surface area contributed by atoms with Crippen molar-refractivity contribution >= 4 is 36.5 Å². The zero-order valence-corrected chi connectivity index (χ0v) is 16.0. The van der Waals surface area contributed by atoms with Crippen LogP contribution in [0.5, 0.6) is 0 Å². The second-order valence-electron chi connectivity index (χ2n) is 7.05. The molecule has 2 aliphatic rings. The maximum atomic E-state index is 15.6. The highest BCUT2D eigenvalue weighted by molar-refractivity contribution is 6.43. The SMILES string of the molecule is O=C(CCC(=O)C(=O)CCc1ccc2n1B(F)[N+]1=C(c3ccc[nH]3)C=CC1=C2)NO. The summed E-state index contributed by atoms with van der Waals surface area (Å²) in [6, 6.07) is 7.23. The number of aryl methyl sites for hydroxylation is 1. The first-order valence-electron chi connectivity index (χ1n) is 9.52. The minimum atomic E-state index is -1.49. The number of carbonyl (C=O) groups is 3. The Kier molecular flexibility index (Phi) is 5.32. The van der Waals surface area contributed by atoms with E-state index in [1.807, 2.05) is 30.4 Å². The third-order valence-corrected chi connectivity index (χ3v) is 5.20. The summed E-state index contributed by atoms with van der Waals surface area (Å²) in [6.45, 7) is 0. The van der Waals surface area contributed by atoms with Crippen LogP contribution < -0.4 is 5.48 Å². The van der Waals surface area contributed by atoms with Gasteiger partial charge in [-0.05, 0) is 30.7 Å². The molecule has 0 saturated heterocycles. The van der Waals surface area contributed by atoms with E-state index in [1.165, 1.54) is 9.96 Å². The second kappa shape index (κ2) is 8.07.